The number of aliphatic hydroxyl groups excluding tert-OH is 1. The lowest BCUT2D eigenvalue weighted by molar-refractivity contribution is 0.206. The number of nitrogen functional groups attached to an aromatic ring is 1. The summed E-state index contributed by atoms with van der Waals surface area (Å²) in [5, 5.41) is 13.0. The molecule has 0 aliphatic carbocycles. The van der Waals surface area contributed by atoms with Crippen LogP contribution in [-0.4, -0.2) is 69.8 Å². The molecular weight excluding hydrogens is 463 g/mol. The lowest BCUT2D eigenvalue weighted by Crippen LogP contribution is -2.30. The summed E-state index contributed by atoms with van der Waals surface area (Å²) in [6, 6.07) is 9.98. The number of rotatable bonds is 9. The molecule has 1 saturated heterocycles. The molecule has 5 N–H and O–H groups in total. The first-order valence-corrected chi connectivity index (χ1v) is 11.8. The molecule has 3 aromatic heterocycles. The van der Waals surface area contributed by atoms with Crippen LogP contribution in [0, 0.1) is 11.7 Å². The number of hydrogen-bond acceptors (Lipinski definition) is 9. The summed E-state index contributed by atoms with van der Waals surface area (Å²) in [4.78, 5) is 20.2. The van der Waals surface area contributed by atoms with Gasteiger partial charge in [-0.05, 0) is 43.7 Å². The average Bonchev–Trinajstić information content (AvgIpc) is 3.51. The molecule has 0 radical (unpaired) electrons. The number of aromatic amines is 1. The SMILES string of the molecule is CN(CCO)CC1CCN(c2cc(Nc3ccc(Oc4ccnc5[nH]ccc45)c(F)c3)nc(N)n2)C1. The van der Waals surface area contributed by atoms with Crippen molar-refractivity contribution in [3.63, 3.8) is 0 Å². The van der Waals surface area contributed by atoms with E-state index in [9.17, 15) is 4.39 Å². The van der Waals surface area contributed by atoms with Crippen molar-refractivity contribution < 1.29 is 14.2 Å². The molecule has 1 aromatic carbocycles. The molecule has 188 valence electrons. The second-order valence-electron chi connectivity index (χ2n) is 8.98. The quantitative estimate of drug-likeness (QED) is 0.278. The molecule has 1 aliphatic rings. The largest absolute Gasteiger partial charge is 0.453 e. The highest BCUT2D eigenvalue weighted by molar-refractivity contribution is 5.82. The topological polar surface area (TPSA) is 128 Å². The number of aromatic nitrogens is 4. The number of benzene rings is 1. The van der Waals surface area contributed by atoms with E-state index in [2.05, 4.69) is 35.1 Å². The molecule has 0 saturated carbocycles. The van der Waals surface area contributed by atoms with Gasteiger partial charge in [-0.3, -0.25) is 0 Å². The van der Waals surface area contributed by atoms with Gasteiger partial charge in [-0.2, -0.15) is 9.97 Å². The van der Waals surface area contributed by atoms with Gasteiger partial charge in [0.05, 0.1) is 12.0 Å². The first kappa shape index (κ1) is 23.8. The smallest absolute Gasteiger partial charge is 0.223 e. The third-order valence-corrected chi connectivity index (χ3v) is 6.24. The molecule has 0 amide bonds. The number of ether oxygens (including phenoxy) is 1. The number of nitrogens with two attached hydrogens (primary N) is 1. The zero-order valence-corrected chi connectivity index (χ0v) is 20.0. The van der Waals surface area contributed by atoms with Crippen molar-refractivity contribution in [3.8, 4) is 11.5 Å². The fraction of sp³-hybridized carbons (Fsp3) is 0.320. The van der Waals surface area contributed by atoms with Crippen LogP contribution in [0.1, 0.15) is 6.42 Å². The van der Waals surface area contributed by atoms with Gasteiger partial charge in [0.1, 0.15) is 23.0 Å². The average molecular weight is 493 g/mol. The third kappa shape index (κ3) is 5.31. The van der Waals surface area contributed by atoms with Gasteiger partial charge in [-0.1, -0.05) is 0 Å². The van der Waals surface area contributed by atoms with Crippen LogP contribution in [0.5, 0.6) is 11.5 Å². The van der Waals surface area contributed by atoms with Crippen molar-refractivity contribution in [1.82, 2.24) is 24.8 Å². The summed E-state index contributed by atoms with van der Waals surface area (Å²) in [6.07, 6.45) is 4.39. The fourth-order valence-electron chi connectivity index (χ4n) is 4.52. The molecule has 1 unspecified atom stereocenters. The van der Waals surface area contributed by atoms with Crippen molar-refractivity contribution in [2.24, 2.45) is 5.92 Å². The monoisotopic (exact) mass is 492 g/mol. The van der Waals surface area contributed by atoms with Crippen molar-refractivity contribution in [2.75, 3.05) is 55.8 Å². The van der Waals surface area contributed by atoms with Crippen LogP contribution in [0.3, 0.4) is 0 Å². The molecule has 0 bridgehead atoms. The number of hydrogen-bond donors (Lipinski definition) is 4. The summed E-state index contributed by atoms with van der Waals surface area (Å²) in [7, 11) is 2.01. The Hall–Kier alpha value is -3.96. The van der Waals surface area contributed by atoms with Crippen LogP contribution in [-0.2, 0) is 0 Å². The molecule has 1 atom stereocenters. The van der Waals surface area contributed by atoms with Gasteiger partial charge in [0.25, 0.3) is 0 Å². The van der Waals surface area contributed by atoms with Crippen molar-refractivity contribution in [2.45, 2.75) is 6.42 Å². The van der Waals surface area contributed by atoms with E-state index in [4.69, 9.17) is 15.6 Å². The number of halogens is 1. The number of fused-ring (bicyclic) bond motifs is 1. The Labute approximate surface area is 207 Å². The number of nitrogens with zero attached hydrogens (tertiary/aromatic N) is 5. The van der Waals surface area contributed by atoms with Crippen LogP contribution >= 0.6 is 0 Å². The zero-order chi connectivity index (χ0) is 25.1. The van der Waals surface area contributed by atoms with Crippen molar-refractivity contribution >= 4 is 34.3 Å². The van der Waals surface area contributed by atoms with Crippen LogP contribution in [0.25, 0.3) is 11.0 Å². The van der Waals surface area contributed by atoms with E-state index in [-0.39, 0.29) is 18.3 Å². The Kier molecular flexibility index (Phi) is 6.83. The Morgan fingerprint density at radius 3 is 2.97 bits per heavy atom. The number of pyridine rings is 1. The van der Waals surface area contributed by atoms with E-state index in [1.54, 1.807) is 30.6 Å². The maximum atomic E-state index is 14.9. The number of H-pyrrole nitrogens is 1. The molecule has 4 heterocycles. The van der Waals surface area contributed by atoms with E-state index in [1.807, 2.05) is 19.2 Å². The maximum Gasteiger partial charge on any atom is 0.223 e. The van der Waals surface area contributed by atoms with Gasteiger partial charge in [0, 0.05) is 56.4 Å². The summed E-state index contributed by atoms with van der Waals surface area (Å²) in [5.74, 6) is 1.93. The van der Waals surface area contributed by atoms with Gasteiger partial charge in [-0.25, -0.2) is 9.37 Å². The van der Waals surface area contributed by atoms with Crippen LogP contribution in [0.2, 0.25) is 0 Å². The van der Waals surface area contributed by atoms with E-state index in [0.29, 0.717) is 35.4 Å². The molecule has 1 aliphatic heterocycles. The summed E-state index contributed by atoms with van der Waals surface area (Å²) in [5.41, 5.74) is 7.17. The number of aliphatic hydroxyl groups is 1. The number of likely N-dealkylation sites (N-methyl/N-ethyl adjacent to an activating group) is 1. The molecule has 5 rings (SSSR count). The van der Waals surface area contributed by atoms with Gasteiger partial charge < -0.3 is 35.7 Å². The van der Waals surface area contributed by atoms with Gasteiger partial charge in [0.2, 0.25) is 5.95 Å². The molecule has 0 spiro atoms. The van der Waals surface area contributed by atoms with E-state index in [1.165, 1.54) is 6.07 Å². The lowest BCUT2D eigenvalue weighted by Gasteiger charge is -2.21. The highest BCUT2D eigenvalue weighted by Gasteiger charge is 2.25. The maximum absolute atomic E-state index is 14.9. The second-order valence-corrected chi connectivity index (χ2v) is 8.98. The first-order valence-electron chi connectivity index (χ1n) is 11.8. The van der Waals surface area contributed by atoms with Crippen molar-refractivity contribution in [3.05, 3.63) is 54.6 Å². The lowest BCUT2D eigenvalue weighted by atomic mass is 10.1. The van der Waals surface area contributed by atoms with E-state index in [0.717, 1.165) is 37.3 Å². The summed E-state index contributed by atoms with van der Waals surface area (Å²) >= 11 is 0. The molecule has 11 heteroatoms. The zero-order valence-electron chi connectivity index (χ0n) is 20.0. The minimum absolute atomic E-state index is 0.103. The standard InChI is InChI=1S/C25H29FN8O2/c1-33(10-11-35)14-16-6-9-34(15-16)23-13-22(31-25(27)32-23)30-17-2-3-21(19(26)12-17)36-20-5-8-29-24-18(20)4-7-28-24/h2-5,7-8,12-13,16,35H,6,9-11,14-15H2,1H3,(H,28,29)(H3,27,30,31,32). The normalized spacial score (nSPS) is 15.7. The van der Waals surface area contributed by atoms with Crippen LogP contribution in [0.15, 0.2) is 48.8 Å². The number of nitrogens with one attached hydrogen (secondary N) is 2. The summed E-state index contributed by atoms with van der Waals surface area (Å²) < 4.78 is 20.7. The third-order valence-electron chi connectivity index (χ3n) is 6.24. The Bertz CT molecular complexity index is 1350. The van der Waals surface area contributed by atoms with E-state index < -0.39 is 5.82 Å². The number of anilines is 4. The van der Waals surface area contributed by atoms with Crippen molar-refractivity contribution in [1.29, 1.82) is 0 Å². The van der Waals surface area contributed by atoms with E-state index >= 15 is 0 Å². The highest BCUT2D eigenvalue weighted by atomic mass is 19.1. The Balaban J connectivity index is 1.27. The van der Waals surface area contributed by atoms with Crippen LogP contribution in [0.4, 0.5) is 27.7 Å². The Morgan fingerprint density at radius 2 is 2.14 bits per heavy atom. The second kappa shape index (κ2) is 10.3. The predicted molar refractivity (Wildman–Crippen MR) is 137 cm³/mol. The van der Waals surface area contributed by atoms with Crippen LogP contribution < -0.4 is 20.7 Å². The molecule has 1 fully saturated rings. The van der Waals surface area contributed by atoms with Gasteiger partial charge in [0.15, 0.2) is 11.6 Å². The minimum Gasteiger partial charge on any atom is -0.453 e. The fourth-order valence-corrected chi connectivity index (χ4v) is 4.52. The predicted octanol–water partition coefficient (Wildman–Crippen LogP) is 3.36. The van der Waals surface area contributed by atoms with Gasteiger partial charge in [-0.15, -0.1) is 0 Å². The minimum atomic E-state index is -0.517. The summed E-state index contributed by atoms with van der Waals surface area (Å²) in [6.45, 7) is 3.42. The molecule has 10 nitrogen and oxygen atoms in total. The molecular formula is C25H29FN8O2. The molecule has 4 aromatic rings. The van der Waals surface area contributed by atoms with Gasteiger partial charge >= 0.3 is 0 Å². The highest BCUT2D eigenvalue weighted by Crippen LogP contribution is 2.32. The molecule has 36 heavy (non-hydrogen) atoms. The Morgan fingerprint density at radius 1 is 1.25 bits per heavy atom. The first-order chi connectivity index (χ1) is 17.5.